The second-order valence-corrected chi connectivity index (χ2v) is 9.76. The van der Waals surface area contributed by atoms with E-state index >= 15 is 0 Å². The second-order valence-electron chi connectivity index (χ2n) is 9.76. The van der Waals surface area contributed by atoms with E-state index in [-0.39, 0.29) is 23.8 Å². The quantitative estimate of drug-likeness (QED) is 0.540. The van der Waals surface area contributed by atoms with Gasteiger partial charge in [0.2, 0.25) is 5.91 Å². The first kappa shape index (κ1) is 24.5. The Morgan fingerprint density at radius 2 is 1.81 bits per heavy atom. The molecule has 1 aliphatic heterocycles. The van der Waals surface area contributed by atoms with E-state index in [0.717, 1.165) is 30.5 Å². The van der Waals surface area contributed by atoms with Gasteiger partial charge in [0.25, 0.3) is 0 Å². The monoisotopic (exact) mass is 499 g/mol. The third-order valence-corrected chi connectivity index (χ3v) is 7.48. The van der Waals surface area contributed by atoms with Gasteiger partial charge >= 0.3 is 6.18 Å². The molecule has 3 N–H and O–H groups in total. The van der Waals surface area contributed by atoms with Crippen LogP contribution in [0.5, 0.6) is 0 Å². The van der Waals surface area contributed by atoms with Crippen LogP contribution < -0.4 is 10.6 Å². The number of aliphatic hydroxyl groups is 1. The van der Waals surface area contributed by atoms with Gasteiger partial charge in [-0.15, -0.1) is 0 Å². The van der Waals surface area contributed by atoms with Gasteiger partial charge in [0, 0.05) is 24.5 Å². The van der Waals surface area contributed by atoms with Gasteiger partial charge in [0.1, 0.15) is 12.1 Å². The highest BCUT2D eigenvalue weighted by Crippen LogP contribution is 2.40. The second kappa shape index (κ2) is 9.33. The van der Waals surface area contributed by atoms with E-state index in [2.05, 4.69) is 14.9 Å². The Kier molecular flexibility index (Phi) is 6.34. The van der Waals surface area contributed by atoms with Gasteiger partial charge in [-0.1, -0.05) is 30.3 Å². The van der Waals surface area contributed by atoms with Gasteiger partial charge in [-0.05, 0) is 49.4 Å². The number of likely N-dealkylation sites (tertiary alicyclic amines) is 1. The molecule has 10 heteroatoms. The van der Waals surface area contributed by atoms with Crippen molar-refractivity contribution >= 4 is 22.6 Å². The largest absolute Gasteiger partial charge is 0.416 e. The van der Waals surface area contributed by atoms with Gasteiger partial charge in [0.05, 0.1) is 29.3 Å². The molecule has 1 amide bonds. The van der Waals surface area contributed by atoms with E-state index in [1.54, 1.807) is 4.90 Å². The summed E-state index contributed by atoms with van der Waals surface area (Å²) in [6.45, 7) is 1.11. The van der Waals surface area contributed by atoms with Gasteiger partial charge in [-0.3, -0.25) is 9.69 Å². The first-order valence-electron chi connectivity index (χ1n) is 12.0. The number of nitrogens with two attached hydrogens (primary N) is 1. The van der Waals surface area contributed by atoms with E-state index in [1.165, 1.54) is 12.4 Å². The number of rotatable bonds is 6. The van der Waals surface area contributed by atoms with Crippen LogP contribution in [0.2, 0.25) is 0 Å². The van der Waals surface area contributed by atoms with Crippen molar-refractivity contribution in [1.82, 2.24) is 14.9 Å². The molecule has 2 fully saturated rings. The molecule has 3 aromatic rings. The number of carbonyl (C=O) groups excluding carboxylic acids is 1. The summed E-state index contributed by atoms with van der Waals surface area (Å²) in [5.41, 5.74) is 5.19. The lowest BCUT2D eigenvalue weighted by Crippen LogP contribution is -2.64. The number of hydrogen-bond donors (Lipinski definition) is 2. The van der Waals surface area contributed by atoms with Crippen LogP contribution in [-0.4, -0.2) is 57.6 Å². The van der Waals surface area contributed by atoms with Crippen LogP contribution in [0.25, 0.3) is 10.9 Å². The third kappa shape index (κ3) is 4.75. The van der Waals surface area contributed by atoms with Crippen LogP contribution >= 0.6 is 0 Å². The van der Waals surface area contributed by atoms with Crippen LogP contribution in [-0.2, 0) is 16.6 Å². The molecule has 1 aromatic heterocycles. The summed E-state index contributed by atoms with van der Waals surface area (Å²) in [5.74, 6) is -0.311. The Morgan fingerprint density at radius 3 is 2.44 bits per heavy atom. The topological polar surface area (TPSA) is 95.6 Å². The SMILES string of the molecule is NC(=O)CN(c1ncnc2ccc(C(F)(F)F)cc12)C1CN(C2CCC(O)(c3ccccc3)CC2)C1. The molecule has 190 valence electrons. The molecule has 2 aliphatic rings. The molecule has 0 atom stereocenters. The molecule has 0 spiro atoms. The number of carbonyl (C=O) groups is 1. The van der Waals surface area contributed by atoms with Gasteiger partial charge in [-0.2, -0.15) is 13.2 Å². The van der Waals surface area contributed by atoms with Crippen LogP contribution in [0.4, 0.5) is 19.0 Å². The minimum absolute atomic E-state index is 0.125. The van der Waals surface area contributed by atoms with Crippen molar-refractivity contribution in [3.8, 4) is 0 Å². The van der Waals surface area contributed by atoms with Crippen molar-refractivity contribution in [2.75, 3.05) is 24.5 Å². The predicted molar refractivity (Wildman–Crippen MR) is 129 cm³/mol. The molecule has 1 saturated heterocycles. The fraction of sp³-hybridized carbons (Fsp3) is 0.423. The van der Waals surface area contributed by atoms with E-state index in [4.69, 9.17) is 5.73 Å². The molecule has 36 heavy (non-hydrogen) atoms. The van der Waals surface area contributed by atoms with Gasteiger partial charge < -0.3 is 15.7 Å². The van der Waals surface area contributed by atoms with Crippen LogP contribution in [0, 0.1) is 0 Å². The van der Waals surface area contributed by atoms with Crippen molar-refractivity contribution in [3.63, 3.8) is 0 Å². The highest BCUT2D eigenvalue weighted by Gasteiger charge is 2.42. The number of benzene rings is 2. The Labute approximate surface area is 206 Å². The zero-order valence-corrected chi connectivity index (χ0v) is 19.7. The minimum Gasteiger partial charge on any atom is -0.385 e. The highest BCUT2D eigenvalue weighted by molar-refractivity contribution is 5.92. The Morgan fingerprint density at radius 1 is 1.11 bits per heavy atom. The zero-order valence-electron chi connectivity index (χ0n) is 19.7. The fourth-order valence-electron chi connectivity index (χ4n) is 5.46. The van der Waals surface area contributed by atoms with Crippen molar-refractivity contribution in [3.05, 3.63) is 66.0 Å². The molecular formula is C26H28F3N5O2. The number of hydrogen-bond acceptors (Lipinski definition) is 6. The number of aromatic nitrogens is 2. The predicted octanol–water partition coefficient (Wildman–Crippen LogP) is 3.45. The lowest BCUT2D eigenvalue weighted by Gasteiger charge is -2.51. The van der Waals surface area contributed by atoms with Gasteiger partial charge in [-0.25, -0.2) is 9.97 Å². The first-order valence-corrected chi connectivity index (χ1v) is 12.0. The maximum absolute atomic E-state index is 13.4. The smallest absolute Gasteiger partial charge is 0.385 e. The molecular weight excluding hydrogens is 471 g/mol. The van der Waals surface area contributed by atoms with Crippen LogP contribution in [0.1, 0.15) is 36.8 Å². The van der Waals surface area contributed by atoms with Crippen LogP contribution in [0.15, 0.2) is 54.9 Å². The minimum atomic E-state index is -4.51. The molecule has 0 unspecified atom stereocenters. The summed E-state index contributed by atoms with van der Waals surface area (Å²) in [7, 11) is 0. The van der Waals surface area contributed by atoms with E-state index in [1.807, 2.05) is 30.3 Å². The lowest BCUT2D eigenvalue weighted by atomic mass is 9.76. The number of amides is 1. The van der Waals surface area contributed by atoms with Crippen molar-refractivity contribution in [2.45, 2.75) is 49.5 Å². The molecule has 0 radical (unpaired) electrons. The van der Waals surface area contributed by atoms with Crippen LogP contribution in [0.3, 0.4) is 0 Å². The van der Waals surface area contributed by atoms with Gasteiger partial charge in [0.15, 0.2) is 0 Å². The highest BCUT2D eigenvalue weighted by atomic mass is 19.4. The summed E-state index contributed by atoms with van der Waals surface area (Å²) in [4.78, 5) is 24.3. The molecule has 2 heterocycles. The summed E-state index contributed by atoms with van der Waals surface area (Å²) in [5, 5.41) is 11.4. The number of anilines is 1. The van der Waals surface area contributed by atoms with Crippen molar-refractivity contribution in [2.24, 2.45) is 5.73 Å². The normalized spacial score (nSPS) is 23.4. The van der Waals surface area contributed by atoms with E-state index in [9.17, 15) is 23.1 Å². The summed E-state index contributed by atoms with van der Waals surface area (Å²) in [6.07, 6.45) is -0.236. The Balaban J connectivity index is 1.32. The zero-order chi connectivity index (χ0) is 25.5. The summed E-state index contributed by atoms with van der Waals surface area (Å²) < 4.78 is 40.1. The van der Waals surface area contributed by atoms with Crippen molar-refractivity contribution in [1.29, 1.82) is 0 Å². The number of primary amides is 1. The number of alkyl halides is 3. The first-order chi connectivity index (χ1) is 17.1. The standard InChI is InChI=1S/C26H28F3N5O2/c27-26(28,29)18-6-7-22-21(12-18)24(32-16-31-22)34(15-23(30)35)20-13-33(14-20)19-8-10-25(36,11-9-19)17-4-2-1-3-5-17/h1-7,12,16,19-20,36H,8-11,13-15H2,(H2,30,35). The molecule has 5 rings (SSSR count). The summed E-state index contributed by atoms with van der Waals surface area (Å²) >= 11 is 0. The Hall–Kier alpha value is -3.24. The maximum Gasteiger partial charge on any atom is 0.416 e. The van der Waals surface area contributed by atoms with E-state index < -0.39 is 23.2 Å². The average molecular weight is 500 g/mol. The van der Waals surface area contributed by atoms with E-state index in [0.29, 0.717) is 37.5 Å². The molecule has 2 aromatic carbocycles. The maximum atomic E-state index is 13.4. The molecule has 1 aliphatic carbocycles. The molecule has 7 nitrogen and oxygen atoms in total. The molecule has 0 bridgehead atoms. The number of halogens is 3. The third-order valence-electron chi connectivity index (χ3n) is 7.48. The number of fused-ring (bicyclic) bond motifs is 1. The lowest BCUT2D eigenvalue weighted by molar-refractivity contribution is -0.137. The number of nitrogens with zero attached hydrogens (tertiary/aromatic N) is 4. The fourth-order valence-corrected chi connectivity index (χ4v) is 5.46. The van der Waals surface area contributed by atoms with Crippen molar-refractivity contribution < 1.29 is 23.1 Å². The molecule has 1 saturated carbocycles. The average Bonchev–Trinajstić information content (AvgIpc) is 2.83. The Bertz CT molecular complexity index is 1240. The summed E-state index contributed by atoms with van der Waals surface area (Å²) in [6, 6.07) is 13.2.